The van der Waals surface area contributed by atoms with E-state index < -0.39 is 11.4 Å². The summed E-state index contributed by atoms with van der Waals surface area (Å²) in [6, 6.07) is 5.84. The summed E-state index contributed by atoms with van der Waals surface area (Å²) in [5.41, 5.74) is 4.88. The second kappa shape index (κ2) is 3.97. The lowest BCUT2D eigenvalue weighted by molar-refractivity contribution is 0.628. The molecule has 0 fully saturated rings. The number of aromatic amines is 2. The molecule has 82 valence electrons. The van der Waals surface area contributed by atoms with E-state index in [1.165, 1.54) is 18.2 Å². The van der Waals surface area contributed by atoms with Crippen LogP contribution in [-0.4, -0.2) is 10.2 Å². The van der Waals surface area contributed by atoms with Crippen molar-refractivity contribution in [3.05, 3.63) is 40.4 Å². The van der Waals surface area contributed by atoms with E-state index in [0.29, 0.717) is 0 Å². The van der Waals surface area contributed by atoms with Crippen LogP contribution in [0.25, 0.3) is 0 Å². The molecule has 6 nitrogen and oxygen atoms in total. The van der Waals surface area contributed by atoms with E-state index in [4.69, 9.17) is 5.73 Å². The standard InChI is InChI=1S/C9H8FN5O/c10-5-3-1-2-4-6(5)12-13-7-8(11)14-15-9(7)16/h1-4H,(H4,11,14,15,16). The van der Waals surface area contributed by atoms with Gasteiger partial charge in [0.05, 0.1) is 0 Å². The van der Waals surface area contributed by atoms with Crippen molar-refractivity contribution in [3.63, 3.8) is 0 Å². The molecule has 2 aromatic rings. The molecule has 1 aromatic carbocycles. The van der Waals surface area contributed by atoms with Crippen molar-refractivity contribution in [1.29, 1.82) is 0 Å². The molecule has 7 heteroatoms. The summed E-state index contributed by atoms with van der Waals surface area (Å²) < 4.78 is 13.1. The maximum absolute atomic E-state index is 13.1. The number of nitrogens with one attached hydrogen (secondary N) is 2. The molecule has 0 saturated carbocycles. The topological polar surface area (TPSA) is 99.4 Å². The summed E-state index contributed by atoms with van der Waals surface area (Å²) in [4.78, 5) is 11.1. The second-order valence-corrected chi connectivity index (χ2v) is 2.99. The van der Waals surface area contributed by atoms with E-state index >= 15 is 0 Å². The Morgan fingerprint density at radius 1 is 1.19 bits per heavy atom. The third kappa shape index (κ3) is 1.83. The molecule has 1 heterocycles. The maximum Gasteiger partial charge on any atom is 0.293 e. The molecule has 0 spiro atoms. The number of halogens is 1. The number of nitrogen functional groups attached to an aromatic ring is 1. The van der Waals surface area contributed by atoms with Gasteiger partial charge in [0.25, 0.3) is 5.56 Å². The Bertz CT molecular complexity index is 586. The Labute approximate surface area is 89.0 Å². The van der Waals surface area contributed by atoms with Gasteiger partial charge in [0.15, 0.2) is 11.5 Å². The Kier molecular flexibility index (Phi) is 2.50. The van der Waals surface area contributed by atoms with Crippen molar-refractivity contribution >= 4 is 17.2 Å². The molecule has 0 aliphatic heterocycles. The zero-order valence-corrected chi connectivity index (χ0v) is 8.07. The first kappa shape index (κ1) is 10.1. The highest BCUT2D eigenvalue weighted by atomic mass is 19.1. The number of hydrogen-bond donors (Lipinski definition) is 3. The quantitative estimate of drug-likeness (QED) is 0.674. The van der Waals surface area contributed by atoms with Gasteiger partial charge in [-0.05, 0) is 12.1 Å². The summed E-state index contributed by atoms with van der Waals surface area (Å²) in [5.74, 6) is -0.457. The molecule has 0 aliphatic rings. The van der Waals surface area contributed by atoms with Gasteiger partial charge in [0, 0.05) is 0 Å². The summed E-state index contributed by atoms with van der Waals surface area (Å²) >= 11 is 0. The van der Waals surface area contributed by atoms with E-state index in [2.05, 4.69) is 20.4 Å². The van der Waals surface area contributed by atoms with Gasteiger partial charge in [-0.15, -0.1) is 10.2 Å². The molecule has 2 rings (SSSR count). The molecular formula is C9H8FN5O. The predicted octanol–water partition coefficient (Wildman–Crippen LogP) is 1.84. The van der Waals surface area contributed by atoms with Crippen molar-refractivity contribution in [2.75, 3.05) is 5.73 Å². The van der Waals surface area contributed by atoms with Crippen LogP contribution in [0.1, 0.15) is 0 Å². The van der Waals surface area contributed by atoms with Crippen molar-refractivity contribution in [2.24, 2.45) is 10.2 Å². The number of nitrogens with zero attached hydrogens (tertiary/aromatic N) is 2. The Balaban J connectivity index is 2.36. The number of benzene rings is 1. The minimum atomic E-state index is -0.517. The molecule has 4 N–H and O–H groups in total. The number of nitrogens with two attached hydrogens (primary N) is 1. The fourth-order valence-corrected chi connectivity index (χ4v) is 1.10. The first-order valence-corrected chi connectivity index (χ1v) is 4.41. The van der Waals surface area contributed by atoms with Gasteiger partial charge in [-0.2, -0.15) is 0 Å². The molecular weight excluding hydrogens is 213 g/mol. The molecule has 0 atom stereocenters. The van der Waals surface area contributed by atoms with Gasteiger partial charge in [-0.25, -0.2) is 4.39 Å². The summed E-state index contributed by atoms with van der Waals surface area (Å²) in [5, 5.41) is 11.8. The van der Waals surface area contributed by atoms with E-state index in [-0.39, 0.29) is 17.2 Å². The summed E-state index contributed by atoms with van der Waals surface area (Å²) in [7, 11) is 0. The van der Waals surface area contributed by atoms with Gasteiger partial charge in [-0.1, -0.05) is 12.1 Å². The Morgan fingerprint density at radius 2 is 1.94 bits per heavy atom. The van der Waals surface area contributed by atoms with Gasteiger partial charge in [0.2, 0.25) is 0 Å². The number of aromatic nitrogens is 2. The normalized spacial score (nSPS) is 11.1. The van der Waals surface area contributed by atoms with E-state index in [1.807, 2.05) is 0 Å². The lowest BCUT2D eigenvalue weighted by atomic mass is 10.3. The van der Waals surface area contributed by atoms with Gasteiger partial charge < -0.3 is 5.73 Å². The molecule has 0 aliphatic carbocycles. The molecule has 0 saturated heterocycles. The molecule has 0 bridgehead atoms. The van der Waals surface area contributed by atoms with Crippen molar-refractivity contribution in [2.45, 2.75) is 0 Å². The summed E-state index contributed by atoms with van der Waals surface area (Å²) in [6.07, 6.45) is 0. The highest BCUT2D eigenvalue weighted by Gasteiger charge is 2.05. The number of H-pyrrole nitrogens is 2. The lowest BCUT2D eigenvalue weighted by Gasteiger charge is -1.92. The number of azo groups is 1. The van der Waals surface area contributed by atoms with Crippen molar-refractivity contribution in [1.82, 2.24) is 10.2 Å². The minimum absolute atomic E-state index is 0.0440. The van der Waals surface area contributed by atoms with Crippen LogP contribution in [0, 0.1) is 5.82 Å². The fraction of sp³-hybridized carbons (Fsp3) is 0. The number of anilines is 1. The van der Waals surface area contributed by atoms with Crippen LogP contribution in [0.5, 0.6) is 0 Å². The first-order valence-electron chi connectivity index (χ1n) is 4.41. The average molecular weight is 221 g/mol. The maximum atomic E-state index is 13.1. The van der Waals surface area contributed by atoms with Gasteiger partial charge in [0.1, 0.15) is 11.5 Å². The van der Waals surface area contributed by atoms with Crippen LogP contribution < -0.4 is 11.3 Å². The Morgan fingerprint density at radius 3 is 2.56 bits per heavy atom. The monoisotopic (exact) mass is 221 g/mol. The highest BCUT2D eigenvalue weighted by molar-refractivity contribution is 5.55. The van der Waals surface area contributed by atoms with Gasteiger partial charge in [-0.3, -0.25) is 15.0 Å². The molecule has 1 aromatic heterocycles. The molecule has 0 amide bonds. The highest BCUT2D eigenvalue weighted by Crippen LogP contribution is 2.20. The minimum Gasteiger partial charge on any atom is -0.382 e. The zero-order valence-electron chi connectivity index (χ0n) is 8.07. The smallest absolute Gasteiger partial charge is 0.293 e. The molecule has 0 unspecified atom stereocenters. The van der Waals surface area contributed by atoms with Crippen molar-refractivity contribution in [3.8, 4) is 0 Å². The van der Waals surface area contributed by atoms with E-state index in [1.54, 1.807) is 6.07 Å². The first-order chi connectivity index (χ1) is 7.68. The largest absolute Gasteiger partial charge is 0.382 e. The van der Waals surface area contributed by atoms with E-state index in [9.17, 15) is 9.18 Å². The predicted molar refractivity (Wildman–Crippen MR) is 56.4 cm³/mol. The van der Waals surface area contributed by atoms with Crippen molar-refractivity contribution < 1.29 is 4.39 Å². The molecule has 0 radical (unpaired) electrons. The third-order valence-corrected chi connectivity index (χ3v) is 1.89. The second-order valence-electron chi connectivity index (χ2n) is 2.99. The van der Waals surface area contributed by atoms with Crippen LogP contribution in [-0.2, 0) is 0 Å². The Hall–Kier alpha value is -2.44. The van der Waals surface area contributed by atoms with Crippen LogP contribution in [0.2, 0.25) is 0 Å². The summed E-state index contributed by atoms with van der Waals surface area (Å²) in [6.45, 7) is 0. The fourth-order valence-electron chi connectivity index (χ4n) is 1.10. The lowest BCUT2D eigenvalue weighted by Crippen LogP contribution is -1.96. The van der Waals surface area contributed by atoms with Crippen LogP contribution in [0.15, 0.2) is 39.3 Å². The number of rotatable bonds is 2. The van der Waals surface area contributed by atoms with Crippen LogP contribution in [0.4, 0.5) is 21.6 Å². The zero-order chi connectivity index (χ0) is 11.5. The van der Waals surface area contributed by atoms with Gasteiger partial charge >= 0.3 is 0 Å². The SMILES string of the molecule is Nc1[nH][nH]c(=O)c1N=Nc1ccccc1F. The van der Waals surface area contributed by atoms with Crippen LogP contribution >= 0.6 is 0 Å². The van der Waals surface area contributed by atoms with E-state index in [0.717, 1.165) is 0 Å². The third-order valence-electron chi connectivity index (χ3n) is 1.89. The number of hydrogen-bond acceptors (Lipinski definition) is 4. The average Bonchev–Trinajstić information content (AvgIpc) is 2.58. The molecule has 16 heavy (non-hydrogen) atoms. The van der Waals surface area contributed by atoms with Crippen LogP contribution in [0.3, 0.4) is 0 Å².